The van der Waals surface area contributed by atoms with Gasteiger partial charge < -0.3 is 4.90 Å². The summed E-state index contributed by atoms with van der Waals surface area (Å²) in [6.45, 7) is 0. The second kappa shape index (κ2) is 15.3. The molecule has 1 nitrogen and oxygen atoms in total. The van der Waals surface area contributed by atoms with Gasteiger partial charge in [0, 0.05) is 37.1 Å². The molecule has 0 unspecified atom stereocenters. The Bertz CT molecular complexity index is 3280. The number of thiophene rings is 1. The van der Waals surface area contributed by atoms with Gasteiger partial charge in [-0.2, -0.15) is 0 Å². The van der Waals surface area contributed by atoms with Crippen molar-refractivity contribution in [3.63, 3.8) is 0 Å². The molecule has 10 aromatic carbocycles. The first-order chi connectivity index (χ1) is 29.7. The van der Waals surface area contributed by atoms with Gasteiger partial charge in [-0.25, -0.2) is 0 Å². The smallest absolute Gasteiger partial charge is 0.0540 e. The first-order valence-corrected chi connectivity index (χ1v) is 21.3. The van der Waals surface area contributed by atoms with E-state index in [0.717, 1.165) is 22.6 Å². The molecule has 60 heavy (non-hydrogen) atoms. The largest absolute Gasteiger partial charge is 0.310 e. The Morgan fingerprint density at radius 1 is 0.283 bits per heavy atom. The van der Waals surface area contributed by atoms with Crippen LogP contribution in [0.4, 0.5) is 17.1 Å². The third-order valence-corrected chi connectivity index (χ3v) is 12.8. The number of hydrogen-bond donors (Lipinski definition) is 0. The van der Waals surface area contributed by atoms with E-state index in [1.54, 1.807) is 0 Å². The van der Waals surface area contributed by atoms with E-state index in [-0.39, 0.29) is 0 Å². The molecule has 11 aromatic rings. The second-order valence-corrected chi connectivity index (χ2v) is 16.4. The van der Waals surface area contributed by atoms with E-state index in [1.807, 2.05) is 11.3 Å². The van der Waals surface area contributed by atoms with Crippen LogP contribution >= 0.6 is 11.3 Å². The summed E-state index contributed by atoms with van der Waals surface area (Å²) in [5.41, 5.74) is 15.3. The molecule has 0 bridgehead atoms. The van der Waals surface area contributed by atoms with Crippen molar-refractivity contribution in [2.45, 2.75) is 0 Å². The Morgan fingerprint density at radius 3 is 1.47 bits per heavy atom. The molecule has 0 atom stereocenters. The molecule has 0 aliphatic carbocycles. The van der Waals surface area contributed by atoms with E-state index in [0.29, 0.717) is 0 Å². The van der Waals surface area contributed by atoms with E-state index >= 15 is 0 Å². The van der Waals surface area contributed by atoms with Crippen LogP contribution in [0.3, 0.4) is 0 Å². The molecule has 0 aliphatic rings. The molecule has 0 amide bonds. The predicted octanol–water partition coefficient (Wildman–Crippen LogP) is 17.0. The molecule has 11 rings (SSSR count). The first-order valence-electron chi connectivity index (χ1n) is 20.5. The third-order valence-electron chi connectivity index (χ3n) is 11.7. The maximum absolute atomic E-state index is 2.43. The zero-order valence-corrected chi connectivity index (χ0v) is 33.7. The number of nitrogens with zero attached hydrogens (tertiary/aromatic N) is 1. The highest BCUT2D eigenvalue weighted by atomic mass is 32.1. The third kappa shape index (κ3) is 6.54. The topological polar surface area (TPSA) is 3.24 Å². The summed E-state index contributed by atoms with van der Waals surface area (Å²) in [7, 11) is 0. The molecule has 0 aliphatic heterocycles. The van der Waals surface area contributed by atoms with Crippen molar-refractivity contribution in [1.82, 2.24) is 0 Å². The summed E-state index contributed by atoms with van der Waals surface area (Å²) in [4.78, 5) is 2.43. The van der Waals surface area contributed by atoms with Crippen LogP contribution < -0.4 is 4.90 Å². The SMILES string of the molecule is c1ccc(-c2ccc(-c3ccccc3N(c3ccc(-c4ccccc4)cc3)c3ccc(-c4cccc5sc6cc7ccccc7cc6c45)c(-c4ccccc4)c3)cc2)cc1. The molecule has 0 N–H and O–H groups in total. The van der Waals surface area contributed by atoms with Crippen LogP contribution in [0.1, 0.15) is 0 Å². The summed E-state index contributed by atoms with van der Waals surface area (Å²) in [6, 6.07) is 86.2. The summed E-state index contributed by atoms with van der Waals surface area (Å²) in [5, 5.41) is 5.16. The van der Waals surface area contributed by atoms with Gasteiger partial charge in [0.05, 0.1) is 5.69 Å². The standard InChI is InChI=1S/C58H39NS/c1-4-15-40(16-5-1)42-27-29-45(30-28-42)50-23-12-13-25-55(50)59(48-33-31-43(32-34-48)41-17-6-2-7-18-41)49-35-36-51(53(39-49)44-19-8-3-9-20-44)52-24-14-26-56-58(52)54-37-46-21-10-11-22-47(46)38-57(54)60-56/h1-39H. The fraction of sp³-hybridized carbons (Fsp3) is 0. The number of rotatable bonds is 8. The maximum Gasteiger partial charge on any atom is 0.0540 e. The van der Waals surface area contributed by atoms with Crippen molar-refractivity contribution >= 4 is 59.3 Å². The lowest BCUT2D eigenvalue weighted by Gasteiger charge is -2.29. The quantitative estimate of drug-likeness (QED) is 0.148. The first kappa shape index (κ1) is 35.6. The zero-order valence-electron chi connectivity index (χ0n) is 32.9. The number of hydrogen-bond acceptors (Lipinski definition) is 2. The van der Waals surface area contributed by atoms with Gasteiger partial charge in [-0.1, -0.05) is 188 Å². The van der Waals surface area contributed by atoms with Gasteiger partial charge in [-0.05, 0) is 109 Å². The minimum Gasteiger partial charge on any atom is -0.310 e. The lowest BCUT2D eigenvalue weighted by atomic mass is 9.90. The molecule has 2 heteroatoms. The molecule has 1 aromatic heterocycles. The highest BCUT2D eigenvalue weighted by Gasteiger charge is 2.21. The second-order valence-electron chi connectivity index (χ2n) is 15.3. The van der Waals surface area contributed by atoms with Gasteiger partial charge in [-0.3, -0.25) is 0 Å². The van der Waals surface area contributed by atoms with E-state index < -0.39 is 0 Å². The summed E-state index contributed by atoms with van der Waals surface area (Å²) < 4.78 is 2.61. The monoisotopic (exact) mass is 781 g/mol. The highest BCUT2D eigenvalue weighted by molar-refractivity contribution is 7.26. The summed E-state index contributed by atoms with van der Waals surface area (Å²) in [5.74, 6) is 0. The van der Waals surface area contributed by atoms with Crippen LogP contribution in [-0.4, -0.2) is 0 Å². The van der Waals surface area contributed by atoms with Crippen LogP contribution in [-0.2, 0) is 0 Å². The van der Waals surface area contributed by atoms with E-state index in [2.05, 4.69) is 241 Å². The van der Waals surface area contributed by atoms with E-state index in [4.69, 9.17) is 0 Å². The molecular formula is C58H39NS. The molecule has 1 heterocycles. The van der Waals surface area contributed by atoms with Crippen LogP contribution in [0.25, 0.3) is 86.6 Å². The molecule has 282 valence electrons. The van der Waals surface area contributed by atoms with Crippen molar-refractivity contribution in [3.8, 4) is 55.6 Å². The zero-order chi connectivity index (χ0) is 39.8. The normalized spacial score (nSPS) is 11.3. The van der Waals surface area contributed by atoms with Gasteiger partial charge in [0.15, 0.2) is 0 Å². The van der Waals surface area contributed by atoms with Crippen molar-refractivity contribution < 1.29 is 0 Å². The van der Waals surface area contributed by atoms with Crippen LogP contribution in [0.2, 0.25) is 0 Å². The van der Waals surface area contributed by atoms with Crippen LogP contribution in [0, 0.1) is 0 Å². The molecule has 0 saturated carbocycles. The van der Waals surface area contributed by atoms with Gasteiger partial charge in [-0.15, -0.1) is 11.3 Å². The summed E-state index contributed by atoms with van der Waals surface area (Å²) in [6.07, 6.45) is 0. The minimum atomic E-state index is 1.09. The number of benzene rings is 10. The molecule has 0 fully saturated rings. The Morgan fingerprint density at radius 2 is 0.783 bits per heavy atom. The van der Waals surface area contributed by atoms with Gasteiger partial charge in [0.1, 0.15) is 0 Å². The van der Waals surface area contributed by atoms with Crippen LogP contribution in [0.5, 0.6) is 0 Å². The summed E-state index contributed by atoms with van der Waals surface area (Å²) >= 11 is 1.88. The Labute approximate surface area is 354 Å². The Balaban J connectivity index is 1.11. The molecule has 0 radical (unpaired) electrons. The fourth-order valence-electron chi connectivity index (χ4n) is 8.75. The van der Waals surface area contributed by atoms with Gasteiger partial charge >= 0.3 is 0 Å². The molecular weight excluding hydrogens is 743 g/mol. The van der Waals surface area contributed by atoms with Crippen molar-refractivity contribution in [2.24, 2.45) is 0 Å². The number of anilines is 3. The van der Waals surface area contributed by atoms with Gasteiger partial charge in [0.25, 0.3) is 0 Å². The van der Waals surface area contributed by atoms with Crippen molar-refractivity contribution in [2.75, 3.05) is 4.90 Å². The highest BCUT2D eigenvalue weighted by Crippen LogP contribution is 2.47. The maximum atomic E-state index is 2.43. The van der Waals surface area contributed by atoms with Crippen molar-refractivity contribution in [1.29, 1.82) is 0 Å². The van der Waals surface area contributed by atoms with E-state index in [1.165, 1.54) is 81.0 Å². The number of fused-ring (bicyclic) bond motifs is 4. The number of para-hydroxylation sites is 1. The fourth-order valence-corrected chi connectivity index (χ4v) is 9.91. The van der Waals surface area contributed by atoms with E-state index in [9.17, 15) is 0 Å². The molecule has 0 spiro atoms. The van der Waals surface area contributed by atoms with Gasteiger partial charge in [0.2, 0.25) is 0 Å². The lowest BCUT2D eigenvalue weighted by Crippen LogP contribution is -2.11. The Hall–Kier alpha value is -7.52. The lowest BCUT2D eigenvalue weighted by molar-refractivity contribution is 1.28. The predicted molar refractivity (Wildman–Crippen MR) is 259 cm³/mol. The molecule has 0 saturated heterocycles. The Kier molecular flexibility index (Phi) is 9.11. The average Bonchev–Trinajstić information content (AvgIpc) is 3.70. The average molecular weight is 782 g/mol. The van der Waals surface area contributed by atoms with Crippen molar-refractivity contribution in [3.05, 3.63) is 237 Å². The minimum absolute atomic E-state index is 1.09. The van der Waals surface area contributed by atoms with Crippen LogP contribution in [0.15, 0.2) is 237 Å².